The van der Waals surface area contributed by atoms with Crippen molar-refractivity contribution in [1.82, 2.24) is 5.32 Å². The summed E-state index contributed by atoms with van der Waals surface area (Å²) in [6.07, 6.45) is 9.57. The minimum atomic E-state index is -0.343. The van der Waals surface area contributed by atoms with E-state index in [0.717, 1.165) is 18.4 Å². The number of amides is 1. The van der Waals surface area contributed by atoms with Gasteiger partial charge < -0.3 is 14.8 Å². The van der Waals surface area contributed by atoms with Gasteiger partial charge in [-0.1, -0.05) is 44.6 Å². The lowest BCUT2D eigenvalue weighted by molar-refractivity contribution is -0.142. The molecule has 25 heavy (non-hydrogen) atoms. The van der Waals surface area contributed by atoms with Crippen molar-refractivity contribution in [3.8, 4) is 5.75 Å². The molecule has 1 aliphatic rings. The smallest absolute Gasteiger partial charge is 0.302 e. The summed E-state index contributed by atoms with van der Waals surface area (Å²) in [5, 5.41) is 3.17. The molecule has 0 unspecified atom stereocenters. The van der Waals surface area contributed by atoms with Crippen molar-refractivity contribution in [2.45, 2.75) is 70.9 Å². The van der Waals surface area contributed by atoms with E-state index in [9.17, 15) is 9.59 Å². The van der Waals surface area contributed by atoms with E-state index < -0.39 is 0 Å². The third-order valence-electron chi connectivity index (χ3n) is 4.67. The highest BCUT2D eigenvalue weighted by Crippen LogP contribution is 2.22. The van der Waals surface area contributed by atoms with Gasteiger partial charge in [-0.05, 0) is 25.0 Å². The van der Waals surface area contributed by atoms with Gasteiger partial charge in [-0.2, -0.15) is 0 Å². The van der Waals surface area contributed by atoms with Gasteiger partial charge in [-0.25, -0.2) is 0 Å². The van der Waals surface area contributed by atoms with Crippen LogP contribution in [0.4, 0.5) is 0 Å². The highest BCUT2D eigenvalue weighted by Gasteiger charge is 2.16. The monoisotopic (exact) mass is 347 g/mol. The molecule has 0 saturated heterocycles. The first-order valence-corrected chi connectivity index (χ1v) is 9.21. The molecule has 1 saturated carbocycles. The summed E-state index contributed by atoms with van der Waals surface area (Å²) in [5.74, 6) is 0.147. The molecule has 1 aliphatic carbocycles. The highest BCUT2D eigenvalue weighted by molar-refractivity contribution is 5.94. The van der Waals surface area contributed by atoms with Crippen molar-refractivity contribution in [3.63, 3.8) is 0 Å². The molecule has 0 aliphatic heterocycles. The summed E-state index contributed by atoms with van der Waals surface area (Å²) in [5.41, 5.74) is 1.32. The normalized spacial score (nSPS) is 16.2. The van der Waals surface area contributed by atoms with E-state index in [1.54, 1.807) is 25.3 Å². The van der Waals surface area contributed by atoms with Gasteiger partial charge in [-0.15, -0.1) is 0 Å². The van der Waals surface area contributed by atoms with Gasteiger partial charge in [0.1, 0.15) is 12.4 Å². The molecule has 5 nitrogen and oxygen atoms in total. The summed E-state index contributed by atoms with van der Waals surface area (Å²) < 4.78 is 10.4. The lowest BCUT2D eigenvalue weighted by Crippen LogP contribution is -2.34. The Morgan fingerprint density at radius 2 is 1.72 bits per heavy atom. The molecule has 0 atom stereocenters. The minimum absolute atomic E-state index is 0.0680. The van der Waals surface area contributed by atoms with Crippen LogP contribution in [0.2, 0.25) is 0 Å². The van der Waals surface area contributed by atoms with Crippen LogP contribution in [-0.4, -0.2) is 25.0 Å². The maximum absolute atomic E-state index is 12.6. The zero-order chi connectivity index (χ0) is 18.1. The van der Waals surface area contributed by atoms with Gasteiger partial charge >= 0.3 is 5.97 Å². The van der Waals surface area contributed by atoms with E-state index in [2.05, 4.69) is 5.32 Å². The van der Waals surface area contributed by atoms with Gasteiger partial charge in [0.15, 0.2) is 0 Å². The van der Waals surface area contributed by atoms with Gasteiger partial charge in [0, 0.05) is 24.1 Å². The third-order valence-corrected chi connectivity index (χ3v) is 4.67. The van der Waals surface area contributed by atoms with Gasteiger partial charge in [0.05, 0.1) is 7.11 Å². The van der Waals surface area contributed by atoms with Crippen LogP contribution in [0.1, 0.15) is 74.2 Å². The summed E-state index contributed by atoms with van der Waals surface area (Å²) in [6.45, 7) is 1.51. The molecule has 0 radical (unpaired) electrons. The van der Waals surface area contributed by atoms with Crippen molar-refractivity contribution >= 4 is 11.9 Å². The standard InChI is InChI=1S/C20H29NO4/c1-15(22)25-14-17-12-11-16(13-19(17)24-2)20(23)21-18-9-7-5-3-4-6-8-10-18/h11-13,18H,3-10,14H2,1-2H3,(H,21,23). The third kappa shape index (κ3) is 6.40. The van der Waals surface area contributed by atoms with Gasteiger partial charge in [0.25, 0.3) is 5.91 Å². The molecule has 138 valence electrons. The topological polar surface area (TPSA) is 64.6 Å². The van der Waals surface area contributed by atoms with Crippen molar-refractivity contribution < 1.29 is 19.1 Å². The summed E-state index contributed by atoms with van der Waals surface area (Å²) in [7, 11) is 1.55. The summed E-state index contributed by atoms with van der Waals surface area (Å²) in [6, 6.07) is 5.49. The van der Waals surface area contributed by atoms with E-state index in [1.165, 1.54) is 45.4 Å². The number of methoxy groups -OCH3 is 1. The second-order valence-corrected chi connectivity index (χ2v) is 6.68. The first-order valence-electron chi connectivity index (χ1n) is 9.21. The van der Waals surface area contributed by atoms with Crippen LogP contribution in [0.25, 0.3) is 0 Å². The maximum atomic E-state index is 12.6. The Hall–Kier alpha value is -2.04. The van der Waals surface area contributed by atoms with Gasteiger partial charge in [-0.3, -0.25) is 9.59 Å². The van der Waals surface area contributed by atoms with E-state index in [1.807, 2.05) is 0 Å². The number of carbonyl (C=O) groups excluding carboxylic acids is 2. The first kappa shape index (κ1) is 19.3. The van der Waals surface area contributed by atoms with Crippen molar-refractivity contribution in [3.05, 3.63) is 29.3 Å². The molecule has 0 spiro atoms. The molecule has 0 aromatic heterocycles. The lowest BCUT2D eigenvalue weighted by Gasteiger charge is -2.18. The highest BCUT2D eigenvalue weighted by atomic mass is 16.5. The van der Waals surface area contributed by atoms with Gasteiger partial charge in [0.2, 0.25) is 0 Å². The molecule has 1 amide bonds. The van der Waals surface area contributed by atoms with Crippen LogP contribution in [0.3, 0.4) is 0 Å². The molecule has 1 aromatic rings. The number of esters is 1. The molecular weight excluding hydrogens is 318 g/mol. The molecule has 2 rings (SSSR count). The number of carbonyl (C=O) groups is 2. The Kier molecular flexibility index (Phi) is 7.76. The molecule has 5 heteroatoms. The Bertz CT molecular complexity index is 575. The summed E-state index contributed by atoms with van der Waals surface area (Å²) in [4.78, 5) is 23.6. The van der Waals surface area contributed by atoms with Crippen LogP contribution in [0.15, 0.2) is 18.2 Å². The van der Waals surface area contributed by atoms with Crippen LogP contribution >= 0.6 is 0 Å². The second-order valence-electron chi connectivity index (χ2n) is 6.68. The molecular formula is C20H29NO4. The quantitative estimate of drug-likeness (QED) is 0.818. The number of hydrogen-bond acceptors (Lipinski definition) is 4. The van der Waals surface area contributed by atoms with Crippen molar-refractivity contribution in [2.75, 3.05) is 7.11 Å². The van der Waals surface area contributed by atoms with Crippen LogP contribution in [0.5, 0.6) is 5.75 Å². The molecule has 0 heterocycles. The van der Waals surface area contributed by atoms with Crippen LogP contribution < -0.4 is 10.1 Å². The van der Waals surface area contributed by atoms with Crippen LogP contribution in [0, 0.1) is 0 Å². The fourth-order valence-corrected chi connectivity index (χ4v) is 3.23. The molecule has 1 fully saturated rings. The fourth-order valence-electron chi connectivity index (χ4n) is 3.23. The van der Waals surface area contributed by atoms with Crippen molar-refractivity contribution in [2.24, 2.45) is 0 Å². The fraction of sp³-hybridized carbons (Fsp3) is 0.600. The van der Waals surface area contributed by atoms with E-state index >= 15 is 0 Å². The number of hydrogen-bond donors (Lipinski definition) is 1. The average molecular weight is 347 g/mol. The molecule has 0 bridgehead atoms. The first-order chi connectivity index (χ1) is 12.1. The Balaban J connectivity index is 2.01. The Morgan fingerprint density at radius 1 is 1.08 bits per heavy atom. The van der Waals surface area contributed by atoms with E-state index in [4.69, 9.17) is 9.47 Å². The summed E-state index contributed by atoms with van der Waals surface area (Å²) >= 11 is 0. The SMILES string of the molecule is COc1cc(C(=O)NC2CCCCCCCC2)ccc1COC(C)=O. The number of benzene rings is 1. The average Bonchev–Trinajstić information content (AvgIpc) is 2.73. The van der Waals surface area contributed by atoms with E-state index in [0.29, 0.717) is 11.3 Å². The Morgan fingerprint density at radius 3 is 2.32 bits per heavy atom. The molecule has 1 N–H and O–H groups in total. The van der Waals surface area contributed by atoms with Crippen molar-refractivity contribution in [1.29, 1.82) is 0 Å². The zero-order valence-corrected chi connectivity index (χ0v) is 15.3. The number of ether oxygens (including phenoxy) is 2. The zero-order valence-electron chi connectivity index (χ0n) is 15.3. The largest absolute Gasteiger partial charge is 0.496 e. The number of nitrogens with one attached hydrogen (secondary N) is 1. The number of rotatable bonds is 5. The van der Waals surface area contributed by atoms with Crippen LogP contribution in [-0.2, 0) is 16.1 Å². The lowest BCUT2D eigenvalue weighted by atomic mass is 10.0. The molecule has 1 aromatic carbocycles. The minimum Gasteiger partial charge on any atom is -0.496 e. The second kappa shape index (κ2) is 10.1. The predicted molar refractivity (Wildman–Crippen MR) is 96.7 cm³/mol. The van der Waals surface area contributed by atoms with E-state index in [-0.39, 0.29) is 24.5 Å². The maximum Gasteiger partial charge on any atom is 0.302 e. The predicted octanol–water partition coefficient (Wildman–Crippen LogP) is 3.99. The Labute approximate surface area is 150 Å².